The molecule has 14 heavy (non-hydrogen) atoms. The molecule has 1 rings (SSSR count). The molecule has 80 valence electrons. The van der Waals surface area contributed by atoms with E-state index in [1.807, 2.05) is 0 Å². The van der Waals surface area contributed by atoms with Crippen LogP contribution < -0.4 is 0 Å². The van der Waals surface area contributed by atoms with E-state index in [1.165, 1.54) is 19.1 Å². The van der Waals surface area contributed by atoms with Crippen LogP contribution in [0.3, 0.4) is 0 Å². The summed E-state index contributed by atoms with van der Waals surface area (Å²) in [6, 6.07) is 0. The Balaban J connectivity index is 2.71. The minimum Gasteiger partial charge on any atom is -0.466 e. The van der Waals surface area contributed by atoms with E-state index in [9.17, 15) is 4.79 Å². The van der Waals surface area contributed by atoms with Gasteiger partial charge < -0.3 is 4.74 Å². The van der Waals surface area contributed by atoms with E-state index in [2.05, 4.69) is 25.5 Å². The molecule has 0 spiro atoms. The van der Waals surface area contributed by atoms with E-state index in [0.717, 1.165) is 12.3 Å². The average molecular weight is 196 g/mol. The second kappa shape index (κ2) is 4.63. The van der Waals surface area contributed by atoms with Gasteiger partial charge in [0.05, 0.1) is 7.11 Å². The highest BCUT2D eigenvalue weighted by molar-refractivity contribution is 5.83. The number of allylic oxidation sites excluding steroid dienone is 1. The fourth-order valence-corrected chi connectivity index (χ4v) is 2.67. The highest BCUT2D eigenvalue weighted by Crippen LogP contribution is 2.48. The van der Waals surface area contributed by atoms with Gasteiger partial charge in [-0.2, -0.15) is 0 Å². The Morgan fingerprint density at radius 2 is 2.07 bits per heavy atom. The van der Waals surface area contributed by atoms with Gasteiger partial charge in [0.1, 0.15) is 0 Å². The van der Waals surface area contributed by atoms with Crippen molar-refractivity contribution < 1.29 is 9.53 Å². The standard InChI is InChI=1S/C12H20O2/c1-5-9-8(3)11(10(9)6-2)7-12(13)14-4/h7-10H,5-6H2,1-4H3/b11-7+/t8-,9+,10+/m0/s1. The van der Waals surface area contributed by atoms with E-state index in [4.69, 9.17) is 0 Å². The summed E-state index contributed by atoms with van der Waals surface area (Å²) in [5.74, 6) is 1.72. The number of carbonyl (C=O) groups is 1. The van der Waals surface area contributed by atoms with Crippen molar-refractivity contribution in [2.24, 2.45) is 17.8 Å². The zero-order chi connectivity index (χ0) is 10.7. The van der Waals surface area contributed by atoms with Gasteiger partial charge in [-0.25, -0.2) is 4.79 Å². The van der Waals surface area contributed by atoms with E-state index in [1.54, 1.807) is 6.08 Å². The molecule has 2 heteroatoms. The van der Waals surface area contributed by atoms with E-state index >= 15 is 0 Å². The SMILES string of the molecule is CC[C@@H]1[C@H](C)/C(=C\C(=O)OC)[C@@H]1CC. The molecule has 1 saturated carbocycles. The molecule has 1 aliphatic carbocycles. The van der Waals surface area contributed by atoms with Crippen LogP contribution in [0.15, 0.2) is 11.6 Å². The zero-order valence-electron chi connectivity index (χ0n) is 9.54. The van der Waals surface area contributed by atoms with Crippen molar-refractivity contribution in [3.63, 3.8) is 0 Å². The fraction of sp³-hybridized carbons (Fsp3) is 0.750. The second-order valence-electron chi connectivity index (χ2n) is 4.04. The molecule has 1 aliphatic rings. The Morgan fingerprint density at radius 3 is 2.50 bits per heavy atom. The molecule has 0 aromatic rings. The zero-order valence-corrected chi connectivity index (χ0v) is 9.54. The molecule has 2 nitrogen and oxygen atoms in total. The smallest absolute Gasteiger partial charge is 0.330 e. The van der Waals surface area contributed by atoms with E-state index in [-0.39, 0.29) is 5.97 Å². The van der Waals surface area contributed by atoms with Crippen LogP contribution in [0.5, 0.6) is 0 Å². The number of rotatable bonds is 3. The first-order valence-electron chi connectivity index (χ1n) is 5.45. The molecule has 0 saturated heterocycles. The number of methoxy groups -OCH3 is 1. The van der Waals surface area contributed by atoms with Crippen molar-refractivity contribution in [2.45, 2.75) is 33.6 Å². The summed E-state index contributed by atoms with van der Waals surface area (Å²) >= 11 is 0. The van der Waals surface area contributed by atoms with Crippen LogP contribution in [0.1, 0.15) is 33.6 Å². The summed E-state index contributed by atoms with van der Waals surface area (Å²) in [4.78, 5) is 11.1. The van der Waals surface area contributed by atoms with Crippen molar-refractivity contribution in [3.05, 3.63) is 11.6 Å². The van der Waals surface area contributed by atoms with E-state index in [0.29, 0.717) is 11.8 Å². The maximum atomic E-state index is 11.1. The molecule has 0 N–H and O–H groups in total. The van der Waals surface area contributed by atoms with Crippen LogP contribution in [0.4, 0.5) is 0 Å². The summed E-state index contributed by atoms with van der Waals surface area (Å²) in [6.45, 7) is 6.61. The van der Waals surface area contributed by atoms with Gasteiger partial charge in [0, 0.05) is 6.08 Å². The van der Waals surface area contributed by atoms with E-state index < -0.39 is 0 Å². The minimum absolute atomic E-state index is 0.208. The molecular formula is C12H20O2. The summed E-state index contributed by atoms with van der Waals surface area (Å²) < 4.78 is 4.65. The van der Waals surface area contributed by atoms with Crippen molar-refractivity contribution in [1.82, 2.24) is 0 Å². The molecule has 0 amide bonds. The second-order valence-corrected chi connectivity index (χ2v) is 4.04. The summed E-state index contributed by atoms with van der Waals surface area (Å²) in [5.41, 5.74) is 1.28. The molecule has 0 bridgehead atoms. The first kappa shape index (κ1) is 11.3. The maximum Gasteiger partial charge on any atom is 0.330 e. The molecule has 0 aromatic carbocycles. The lowest BCUT2D eigenvalue weighted by Gasteiger charge is -2.45. The Hall–Kier alpha value is -0.790. The molecule has 1 fully saturated rings. The number of esters is 1. The highest BCUT2D eigenvalue weighted by Gasteiger charge is 2.40. The Morgan fingerprint density at radius 1 is 1.43 bits per heavy atom. The third-order valence-electron chi connectivity index (χ3n) is 3.51. The Labute approximate surface area is 86.3 Å². The largest absolute Gasteiger partial charge is 0.466 e. The summed E-state index contributed by atoms with van der Waals surface area (Å²) in [7, 11) is 1.43. The topological polar surface area (TPSA) is 26.3 Å². The Bertz CT molecular complexity index is 243. The van der Waals surface area contributed by atoms with Crippen LogP contribution in [-0.2, 0) is 9.53 Å². The predicted molar refractivity (Wildman–Crippen MR) is 56.8 cm³/mol. The van der Waals surface area contributed by atoms with Crippen molar-refractivity contribution in [3.8, 4) is 0 Å². The van der Waals surface area contributed by atoms with Crippen molar-refractivity contribution >= 4 is 5.97 Å². The van der Waals surface area contributed by atoms with Gasteiger partial charge in [-0.1, -0.05) is 32.8 Å². The number of hydrogen-bond donors (Lipinski definition) is 0. The van der Waals surface area contributed by atoms with Gasteiger partial charge in [0.25, 0.3) is 0 Å². The van der Waals surface area contributed by atoms with Gasteiger partial charge >= 0.3 is 5.97 Å². The molecule has 0 radical (unpaired) electrons. The highest BCUT2D eigenvalue weighted by atomic mass is 16.5. The number of ether oxygens (including phenoxy) is 1. The van der Waals surface area contributed by atoms with Gasteiger partial charge in [-0.3, -0.25) is 0 Å². The number of carbonyl (C=O) groups excluding carboxylic acids is 1. The third-order valence-corrected chi connectivity index (χ3v) is 3.51. The minimum atomic E-state index is -0.208. The number of hydrogen-bond acceptors (Lipinski definition) is 2. The molecule has 0 aliphatic heterocycles. The van der Waals surface area contributed by atoms with Crippen molar-refractivity contribution in [2.75, 3.05) is 7.11 Å². The predicted octanol–water partition coefficient (Wildman–Crippen LogP) is 2.79. The molecule has 0 unspecified atom stereocenters. The monoisotopic (exact) mass is 196 g/mol. The fourth-order valence-electron chi connectivity index (χ4n) is 2.67. The average Bonchev–Trinajstić information content (AvgIpc) is 2.21. The van der Waals surface area contributed by atoms with Crippen LogP contribution in [-0.4, -0.2) is 13.1 Å². The normalized spacial score (nSPS) is 34.0. The molecule has 0 heterocycles. The maximum absolute atomic E-state index is 11.1. The summed E-state index contributed by atoms with van der Waals surface area (Å²) in [5, 5.41) is 0. The Kier molecular flexibility index (Phi) is 3.73. The molecular weight excluding hydrogens is 176 g/mol. The van der Waals surface area contributed by atoms with Crippen LogP contribution in [0, 0.1) is 17.8 Å². The molecule has 3 atom stereocenters. The summed E-state index contributed by atoms with van der Waals surface area (Å²) in [6.07, 6.45) is 4.02. The van der Waals surface area contributed by atoms with Crippen molar-refractivity contribution in [1.29, 1.82) is 0 Å². The quantitative estimate of drug-likeness (QED) is 0.512. The van der Waals surface area contributed by atoms with Crippen LogP contribution in [0.25, 0.3) is 0 Å². The van der Waals surface area contributed by atoms with Gasteiger partial charge in [-0.05, 0) is 24.2 Å². The third kappa shape index (κ3) is 1.84. The first-order chi connectivity index (χ1) is 6.65. The van der Waals surface area contributed by atoms with Gasteiger partial charge in [-0.15, -0.1) is 0 Å². The lowest BCUT2D eigenvalue weighted by Crippen LogP contribution is -2.37. The lowest BCUT2D eigenvalue weighted by molar-refractivity contribution is -0.135. The van der Waals surface area contributed by atoms with Gasteiger partial charge in [0.15, 0.2) is 0 Å². The first-order valence-corrected chi connectivity index (χ1v) is 5.45. The lowest BCUT2D eigenvalue weighted by atomic mass is 9.59. The van der Waals surface area contributed by atoms with Crippen LogP contribution in [0.2, 0.25) is 0 Å². The van der Waals surface area contributed by atoms with Crippen LogP contribution >= 0.6 is 0 Å². The molecule has 0 aromatic heterocycles. The van der Waals surface area contributed by atoms with Gasteiger partial charge in [0.2, 0.25) is 0 Å².